The van der Waals surface area contributed by atoms with Gasteiger partial charge in [-0.25, -0.2) is 17.1 Å². The number of halogens is 1. The van der Waals surface area contributed by atoms with Crippen molar-refractivity contribution in [2.45, 2.75) is 19.3 Å². The van der Waals surface area contributed by atoms with Gasteiger partial charge in [0.2, 0.25) is 10.0 Å². The number of hydrogen-bond acceptors (Lipinski definition) is 3. The molecule has 0 unspecified atom stereocenters. The lowest BCUT2D eigenvalue weighted by molar-refractivity contribution is 0.317. The van der Waals surface area contributed by atoms with Crippen LogP contribution in [-0.2, 0) is 16.4 Å². The fourth-order valence-electron chi connectivity index (χ4n) is 4.47. The van der Waals surface area contributed by atoms with Crippen molar-refractivity contribution in [3.63, 3.8) is 0 Å². The molecular weight excluding hydrogens is 389 g/mol. The van der Waals surface area contributed by atoms with Crippen LogP contribution in [0.3, 0.4) is 0 Å². The molecule has 0 aliphatic carbocycles. The van der Waals surface area contributed by atoms with Gasteiger partial charge in [-0.15, -0.1) is 0 Å². The van der Waals surface area contributed by atoms with Crippen molar-refractivity contribution >= 4 is 32.3 Å². The summed E-state index contributed by atoms with van der Waals surface area (Å²) in [6.07, 6.45) is 5.66. The quantitative estimate of drug-likeness (QED) is 0.699. The van der Waals surface area contributed by atoms with Crippen molar-refractivity contribution in [1.82, 2.24) is 9.29 Å². The van der Waals surface area contributed by atoms with Crippen molar-refractivity contribution in [1.29, 1.82) is 0 Å². The summed E-state index contributed by atoms with van der Waals surface area (Å²) in [4.78, 5) is 8.05. The first-order valence-electron chi connectivity index (χ1n) is 9.81. The fourth-order valence-corrected chi connectivity index (χ4v) is 5.34. The van der Waals surface area contributed by atoms with E-state index in [9.17, 15) is 12.8 Å². The van der Waals surface area contributed by atoms with E-state index in [0.29, 0.717) is 19.0 Å². The van der Waals surface area contributed by atoms with Crippen molar-refractivity contribution in [3.8, 4) is 11.1 Å². The lowest BCUT2D eigenvalue weighted by Gasteiger charge is -2.30. The number of aromatic amines is 1. The van der Waals surface area contributed by atoms with E-state index in [-0.39, 0.29) is 5.82 Å². The molecule has 2 aromatic carbocycles. The molecule has 0 amide bonds. The van der Waals surface area contributed by atoms with E-state index in [1.54, 1.807) is 10.4 Å². The van der Waals surface area contributed by atoms with Crippen LogP contribution < -0.4 is 0 Å². The summed E-state index contributed by atoms with van der Waals surface area (Å²) in [6, 6.07) is 11.1. The van der Waals surface area contributed by atoms with Crippen LogP contribution >= 0.6 is 0 Å². The molecule has 2 aliphatic heterocycles. The highest BCUT2D eigenvalue weighted by Gasteiger charge is 2.30. The molecule has 0 spiro atoms. The molecule has 7 heteroatoms. The standard InChI is InChI=1S/C22H22FN3O2S/c1-29(27,28)26-8-6-14(7-9-26)20-11-16-3-2-15(10-21(16)25-20)19-13-24-22-12-17(23)4-5-18(19)22/h2-5,10,12-14,24H,6-9,11H2,1H3. The second-order valence-corrected chi connectivity index (χ2v) is 9.93. The minimum absolute atomic E-state index is 0.254. The smallest absolute Gasteiger partial charge is 0.211 e. The summed E-state index contributed by atoms with van der Waals surface area (Å²) in [5.74, 6) is 0.0796. The zero-order valence-corrected chi connectivity index (χ0v) is 17.0. The van der Waals surface area contributed by atoms with Gasteiger partial charge < -0.3 is 4.98 Å². The number of piperidine rings is 1. The Balaban J connectivity index is 1.40. The Hall–Kier alpha value is -2.51. The second kappa shape index (κ2) is 6.78. The topological polar surface area (TPSA) is 65.5 Å². The maximum atomic E-state index is 13.5. The van der Waals surface area contributed by atoms with Gasteiger partial charge in [0.25, 0.3) is 0 Å². The molecule has 0 radical (unpaired) electrons. The lowest BCUT2D eigenvalue weighted by Crippen LogP contribution is -2.39. The molecule has 1 aromatic heterocycles. The van der Waals surface area contributed by atoms with Crippen LogP contribution in [0.5, 0.6) is 0 Å². The van der Waals surface area contributed by atoms with E-state index in [0.717, 1.165) is 52.7 Å². The van der Waals surface area contributed by atoms with E-state index in [1.165, 1.54) is 24.0 Å². The third kappa shape index (κ3) is 3.38. The zero-order valence-electron chi connectivity index (χ0n) is 16.2. The predicted octanol–water partition coefficient (Wildman–Crippen LogP) is 4.27. The summed E-state index contributed by atoms with van der Waals surface area (Å²) < 4.78 is 38.5. The number of nitrogens with zero attached hydrogens (tertiary/aromatic N) is 2. The summed E-state index contributed by atoms with van der Waals surface area (Å²) in [5.41, 5.74) is 6.22. The summed E-state index contributed by atoms with van der Waals surface area (Å²) in [7, 11) is -3.11. The van der Waals surface area contributed by atoms with Crippen molar-refractivity contribution in [3.05, 3.63) is 54.0 Å². The van der Waals surface area contributed by atoms with E-state index in [4.69, 9.17) is 4.99 Å². The maximum absolute atomic E-state index is 13.5. The van der Waals surface area contributed by atoms with Gasteiger partial charge in [-0.1, -0.05) is 12.1 Å². The van der Waals surface area contributed by atoms with Crippen molar-refractivity contribution in [2.75, 3.05) is 19.3 Å². The lowest BCUT2D eigenvalue weighted by atomic mass is 9.90. The van der Waals surface area contributed by atoms with Gasteiger partial charge in [-0.05, 0) is 48.2 Å². The second-order valence-electron chi connectivity index (χ2n) is 7.95. The molecule has 1 fully saturated rings. The Morgan fingerprint density at radius 2 is 1.93 bits per heavy atom. The molecular formula is C22H22FN3O2S. The number of sulfonamides is 1. The zero-order chi connectivity index (χ0) is 20.2. The predicted molar refractivity (Wildman–Crippen MR) is 114 cm³/mol. The number of rotatable bonds is 3. The number of hydrogen-bond donors (Lipinski definition) is 1. The van der Waals surface area contributed by atoms with Gasteiger partial charge in [0.1, 0.15) is 5.82 Å². The van der Waals surface area contributed by atoms with E-state index in [2.05, 4.69) is 23.2 Å². The minimum atomic E-state index is -3.11. The van der Waals surface area contributed by atoms with E-state index in [1.807, 2.05) is 6.20 Å². The summed E-state index contributed by atoms with van der Waals surface area (Å²) >= 11 is 0. The first-order valence-corrected chi connectivity index (χ1v) is 11.7. The molecule has 3 heterocycles. The molecule has 5 rings (SSSR count). The number of H-pyrrole nitrogens is 1. The molecule has 5 nitrogen and oxygen atoms in total. The van der Waals surface area contributed by atoms with Crippen LogP contribution in [0.1, 0.15) is 18.4 Å². The van der Waals surface area contributed by atoms with Crippen LogP contribution in [0, 0.1) is 11.7 Å². The Morgan fingerprint density at radius 1 is 1.14 bits per heavy atom. The van der Waals surface area contributed by atoms with Crippen LogP contribution in [0.25, 0.3) is 22.0 Å². The number of nitrogens with one attached hydrogen (secondary N) is 1. The van der Waals surface area contributed by atoms with Gasteiger partial charge >= 0.3 is 0 Å². The Labute approximate surface area is 169 Å². The highest BCUT2D eigenvalue weighted by molar-refractivity contribution is 7.88. The molecule has 0 saturated carbocycles. The fraction of sp³-hybridized carbons (Fsp3) is 0.318. The van der Waals surface area contributed by atoms with Gasteiger partial charge in [0.15, 0.2) is 0 Å². The number of aliphatic imine (C=N–C) groups is 1. The van der Waals surface area contributed by atoms with Crippen molar-refractivity contribution in [2.24, 2.45) is 10.9 Å². The third-order valence-corrected chi connectivity index (χ3v) is 7.37. The average molecular weight is 412 g/mol. The maximum Gasteiger partial charge on any atom is 0.211 e. The van der Waals surface area contributed by atoms with Gasteiger partial charge in [-0.2, -0.15) is 0 Å². The number of benzene rings is 2. The van der Waals surface area contributed by atoms with Crippen LogP contribution in [-0.4, -0.2) is 42.8 Å². The highest BCUT2D eigenvalue weighted by Crippen LogP contribution is 2.37. The first-order chi connectivity index (χ1) is 13.9. The monoisotopic (exact) mass is 411 g/mol. The third-order valence-electron chi connectivity index (χ3n) is 6.07. The molecule has 3 aromatic rings. The first kappa shape index (κ1) is 18.5. The summed E-state index contributed by atoms with van der Waals surface area (Å²) in [5, 5.41) is 0.988. The molecule has 0 atom stereocenters. The highest BCUT2D eigenvalue weighted by atomic mass is 32.2. The largest absolute Gasteiger partial charge is 0.360 e. The minimum Gasteiger partial charge on any atom is -0.360 e. The van der Waals surface area contributed by atoms with Crippen molar-refractivity contribution < 1.29 is 12.8 Å². The summed E-state index contributed by atoms with van der Waals surface area (Å²) in [6.45, 7) is 1.13. The average Bonchev–Trinajstić information content (AvgIpc) is 3.30. The Morgan fingerprint density at radius 3 is 2.69 bits per heavy atom. The molecule has 1 saturated heterocycles. The van der Waals surface area contributed by atoms with E-state index < -0.39 is 10.0 Å². The number of aromatic nitrogens is 1. The molecule has 0 bridgehead atoms. The molecule has 150 valence electrons. The van der Waals surface area contributed by atoms with Crippen LogP contribution in [0.15, 0.2) is 47.6 Å². The molecule has 29 heavy (non-hydrogen) atoms. The number of fused-ring (bicyclic) bond motifs is 2. The molecule has 1 N–H and O–H groups in total. The van der Waals surface area contributed by atoms with Gasteiger partial charge in [-0.3, -0.25) is 4.99 Å². The normalized spacial score (nSPS) is 18.2. The van der Waals surface area contributed by atoms with E-state index >= 15 is 0 Å². The Kier molecular flexibility index (Phi) is 4.33. The SMILES string of the molecule is CS(=O)(=O)N1CCC(C2=Nc3cc(-c4c[nH]c5cc(F)ccc45)ccc3C2)CC1. The molecule has 2 aliphatic rings. The Bertz CT molecular complexity index is 1240. The van der Waals surface area contributed by atoms with Crippen LogP contribution in [0.4, 0.5) is 10.1 Å². The van der Waals surface area contributed by atoms with Gasteiger partial charge in [0.05, 0.1) is 11.9 Å². The van der Waals surface area contributed by atoms with Gasteiger partial charge in [0, 0.05) is 53.8 Å². The van der Waals surface area contributed by atoms with Crippen LogP contribution in [0.2, 0.25) is 0 Å².